The van der Waals surface area contributed by atoms with E-state index in [1.54, 1.807) is 0 Å². The van der Waals surface area contributed by atoms with Crippen molar-refractivity contribution in [2.75, 3.05) is 26.3 Å². The fourth-order valence-corrected chi connectivity index (χ4v) is 2.61. The maximum Gasteiger partial charge on any atom is 0.0610 e. The van der Waals surface area contributed by atoms with Gasteiger partial charge in [-0.2, -0.15) is 0 Å². The molecule has 2 N–H and O–H groups in total. The highest BCUT2D eigenvalue weighted by Gasteiger charge is 2.29. The van der Waals surface area contributed by atoms with E-state index in [2.05, 4.69) is 5.32 Å². The van der Waals surface area contributed by atoms with Crippen LogP contribution in [-0.2, 0) is 4.74 Å². The van der Waals surface area contributed by atoms with Crippen molar-refractivity contribution in [1.29, 1.82) is 0 Å². The Kier molecular flexibility index (Phi) is 3.79. The molecular weight excluding hydrogens is 178 g/mol. The standard InChI is InChI=1S/C11H21NO2/c13-11(9-3-6-14-7-4-9)10-2-1-5-12-8-10/h9-13H,1-8H2. The summed E-state index contributed by atoms with van der Waals surface area (Å²) in [6.45, 7) is 3.79. The molecule has 3 heteroatoms. The lowest BCUT2D eigenvalue weighted by atomic mass is 9.82. The van der Waals surface area contributed by atoms with E-state index < -0.39 is 0 Å². The summed E-state index contributed by atoms with van der Waals surface area (Å²) in [6.07, 6.45) is 4.37. The van der Waals surface area contributed by atoms with Gasteiger partial charge in [-0.25, -0.2) is 0 Å². The predicted octanol–water partition coefficient (Wildman–Crippen LogP) is 0.773. The highest BCUT2D eigenvalue weighted by molar-refractivity contribution is 4.81. The van der Waals surface area contributed by atoms with Gasteiger partial charge in [0.05, 0.1) is 6.10 Å². The molecule has 0 aromatic heterocycles. The Hall–Kier alpha value is -0.120. The number of aliphatic hydroxyl groups excluding tert-OH is 1. The molecular formula is C11H21NO2. The first-order valence-corrected chi connectivity index (χ1v) is 5.84. The van der Waals surface area contributed by atoms with Crippen LogP contribution in [-0.4, -0.2) is 37.5 Å². The van der Waals surface area contributed by atoms with Crippen LogP contribution in [0.3, 0.4) is 0 Å². The first-order valence-electron chi connectivity index (χ1n) is 5.84. The largest absolute Gasteiger partial charge is 0.392 e. The zero-order chi connectivity index (χ0) is 9.80. The van der Waals surface area contributed by atoms with Gasteiger partial charge in [0, 0.05) is 19.8 Å². The molecule has 0 aromatic rings. The quantitative estimate of drug-likeness (QED) is 0.690. The monoisotopic (exact) mass is 199 g/mol. The topological polar surface area (TPSA) is 41.5 Å². The molecule has 0 amide bonds. The average Bonchev–Trinajstić information content (AvgIpc) is 2.30. The molecule has 3 nitrogen and oxygen atoms in total. The fourth-order valence-electron chi connectivity index (χ4n) is 2.61. The Morgan fingerprint density at radius 3 is 2.57 bits per heavy atom. The summed E-state index contributed by atoms with van der Waals surface area (Å²) >= 11 is 0. The van der Waals surface area contributed by atoms with Crippen LogP contribution < -0.4 is 5.32 Å². The summed E-state index contributed by atoms with van der Waals surface area (Å²) in [5.74, 6) is 0.959. The van der Waals surface area contributed by atoms with Gasteiger partial charge in [0.2, 0.25) is 0 Å². The molecule has 2 unspecified atom stereocenters. The second-order valence-electron chi connectivity index (χ2n) is 4.55. The van der Waals surface area contributed by atoms with Crippen molar-refractivity contribution in [3.05, 3.63) is 0 Å². The van der Waals surface area contributed by atoms with Crippen LogP contribution in [0.2, 0.25) is 0 Å². The zero-order valence-electron chi connectivity index (χ0n) is 8.74. The third-order valence-electron chi connectivity index (χ3n) is 3.57. The molecule has 2 saturated heterocycles. The minimum Gasteiger partial charge on any atom is -0.392 e. The molecule has 2 fully saturated rings. The van der Waals surface area contributed by atoms with Crippen molar-refractivity contribution in [3.63, 3.8) is 0 Å². The van der Waals surface area contributed by atoms with E-state index in [1.807, 2.05) is 0 Å². The lowest BCUT2D eigenvalue weighted by Gasteiger charge is -2.34. The fraction of sp³-hybridized carbons (Fsp3) is 1.00. The number of piperidine rings is 1. The van der Waals surface area contributed by atoms with Crippen LogP contribution >= 0.6 is 0 Å². The molecule has 0 aliphatic carbocycles. The Balaban J connectivity index is 1.82. The van der Waals surface area contributed by atoms with E-state index in [0.717, 1.165) is 39.1 Å². The molecule has 2 aliphatic heterocycles. The molecule has 0 bridgehead atoms. The number of nitrogens with one attached hydrogen (secondary N) is 1. The van der Waals surface area contributed by atoms with E-state index in [9.17, 15) is 5.11 Å². The average molecular weight is 199 g/mol. The molecule has 2 aliphatic rings. The summed E-state index contributed by atoms with van der Waals surface area (Å²) in [4.78, 5) is 0. The minimum absolute atomic E-state index is 0.105. The van der Waals surface area contributed by atoms with Crippen LogP contribution in [0.4, 0.5) is 0 Å². The van der Waals surface area contributed by atoms with Gasteiger partial charge in [-0.05, 0) is 44.1 Å². The van der Waals surface area contributed by atoms with Crippen LogP contribution in [0.15, 0.2) is 0 Å². The Bertz CT molecular complexity index is 145. The van der Waals surface area contributed by atoms with Crippen molar-refractivity contribution in [1.82, 2.24) is 5.32 Å². The van der Waals surface area contributed by atoms with Crippen LogP contribution in [0.25, 0.3) is 0 Å². The number of hydrogen-bond donors (Lipinski definition) is 2. The summed E-state index contributed by atoms with van der Waals surface area (Å²) in [6, 6.07) is 0. The molecule has 0 radical (unpaired) electrons. The molecule has 2 atom stereocenters. The second kappa shape index (κ2) is 5.10. The maximum absolute atomic E-state index is 10.2. The summed E-state index contributed by atoms with van der Waals surface area (Å²) in [7, 11) is 0. The van der Waals surface area contributed by atoms with E-state index in [-0.39, 0.29) is 6.10 Å². The molecule has 2 rings (SSSR count). The first-order chi connectivity index (χ1) is 6.88. The number of aliphatic hydroxyl groups is 1. The highest BCUT2D eigenvalue weighted by Crippen LogP contribution is 2.26. The van der Waals surface area contributed by atoms with E-state index in [4.69, 9.17) is 4.74 Å². The maximum atomic E-state index is 10.2. The van der Waals surface area contributed by atoms with Gasteiger partial charge in [-0.1, -0.05) is 0 Å². The minimum atomic E-state index is -0.105. The van der Waals surface area contributed by atoms with Crippen molar-refractivity contribution < 1.29 is 9.84 Å². The number of ether oxygens (including phenoxy) is 1. The molecule has 0 saturated carbocycles. The van der Waals surface area contributed by atoms with E-state index in [0.29, 0.717) is 11.8 Å². The van der Waals surface area contributed by atoms with Crippen LogP contribution in [0, 0.1) is 11.8 Å². The Morgan fingerprint density at radius 2 is 1.93 bits per heavy atom. The molecule has 2 heterocycles. The smallest absolute Gasteiger partial charge is 0.0610 e. The second-order valence-corrected chi connectivity index (χ2v) is 4.55. The third-order valence-corrected chi connectivity index (χ3v) is 3.57. The number of hydrogen-bond acceptors (Lipinski definition) is 3. The summed E-state index contributed by atoms with van der Waals surface area (Å²) in [5.41, 5.74) is 0. The molecule has 0 spiro atoms. The van der Waals surface area contributed by atoms with Gasteiger partial charge in [0.25, 0.3) is 0 Å². The highest BCUT2D eigenvalue weighted by atomic mass is 16.5. The van der Waals surface area contributed by atoms with Crippen LogP contribution in [0.1, 0.15) is 25.7 Å². The van der Waals surface area contributed by atoms with Gasteiger partial charge in [-0.3, -0.25) is 0 Å². The SMILES string of the molecule is OC(C1CCOCC1)C1CCCNC1. The summed E-state index contributed by atoms with van der Waals surface area (Å²) < 4.78 is 5.31. The molecule has 0 aromatic carbocycles. The Morgan fingerprint density at radius 1 is 1.14 bits per heavy atom. The van der Waals surface area contributed by atoms with Crippen molar-refractivity contribution in [3.8, 4) is 0 Å². The summed E-state index contributed by atoms with van der Waals surface area (Å²) in [5, 5.41) is 13.6. The Labute approximate surface area is 85.8 Å². The third kappa shape index (κ3) is 2.47. The normalized spacial score (nSPS) is 32.8. The molecule has 14 heavy (non-hydrogen) atoms. The lowest BCUT2D eigenvalue weighted by Crippen LogP contribution is -2.41. The predicted molar refractivity (Wildman–Crippen MR) is 55.1 cm³/mol. The van der Waals surface area contributed by atoms with Gasteiger partial charge >= 0.3 is 0 Å². The van der Waals surface area contributed by atoms with Crippen molar-refractivity contribution in [2.45, 2.75) is 31.8 Å². The van der Waals surface area contributed by atoms with Gasteiger partial charge in [0.1, 0.15) is 0 Å². The lowest BCUT2D eigenvalue weighted by molar-refractivity contribution is -0.0219. The number of rotatable bonds is 2. The van der Waals surface area contributed by atoms with Crippen molar-refractivity contribution in [2.24, 2.45) is 11.8 Å². The molecule has 82 valence electrons. The van der Waals surface area contributed by atoms with Gasteiger partial charge in [0.15, 0.2) is 0 Å². The van der Waals surface area contributed by atoms with E-state index in [1.165, 1.54) is 12.8 Å². The first kappa shape index (κ1) is 10.4. The van der Waals surface area contributed by atoms with Crippen molar-refractivity contribution >= 4 is 0 Å². The van der Waals surface area contributed by atoms with Gasteiger partial charge in [-0.15, -0.1) is 0 Å². The van der Waals surface area contributed by atoms with Gasteiger partial charge < -0.3 is 15.2 Å². The zero-order valence-corrected chi connectivity index (χ0v) is 8.74. The van der Waals surface area contributed by atoms with Crippen LogP contribution in [0.5, 0.6) is 0 Å². The van der Waals surface area contributed by atoms with E-state index >= 15 is 0 Å².